The number of hydrogen-bond acceptors (Lipinski definition) is 6. The zero-order valence-electron chi connectivity index (χ0n) is 14.5. The van der Waals surface area contributed by atoms with Gasteiger partial charge in [-0.05, 0) is 35.9 Å². The third-order valence-corrected chi connectivity index (χ3v) is 6.40. The van der Waals surface area contributed by atoms with Gasteiger partial charge in [-0.15, -0.1) is 0 Å². The molecular formula is C18H15ClN2O6S. The van der Waals surface area contributed by atoms with E-state index in [1.54, 1.807) is 12.1 Å². The standard InChI is InChI=1S/C18H15ClN2O6S/c19-14-8-12(21-17(22)5-6-28(21,24)25)2-3-13(14)18(23)20-9-11-1-4-15-16(7-11)27-10-26-15/h1-4,7-8H,5-6,9-10H2,(H,20,23). The molecule has 0 bridgehead atoms. The molecule has 0 aliphatic carbocycles. The maximum absolute atomic E-state index is 12.4. The maximum atomic E-state index is 12.4. The number of carbonyl (C=O) groups excluding carboxylic acids is 2. The largest absolute Gasteiger partial charge is 0.454 e. The Morgan fingerprint density at radius 1 is 1.14 bits per heavy atom. The van der Waals surface area contributed by atoms with Gasteiger partial charge >= 0.3 is 0 Å². The summed E-state index contributed by atoms with van der Waals surface area (Å²) in [5.74, 6) is 0.0907. The lowest BCUT2D eigenvalue weighted by molar-refractivity contribution is -0.116. The monoisotopic (exact) mass is 422 g/mol. The van der Waals surface area contributed by atoms with Crippen molar-refractivity contribution in [1.29, 1.82) is 0 Å². The molecule has 1 saturated heterocycles. The summed E-state index contributed by atoms with van der Waals surface area (Å²) in [5, 5.41) is 2.79. The molecule has 2 aromatic rings. The minimum Gasteiger partial charge on any atom is -0.454 e. The second-order valence-corrected chi connectivity index (χ2v) is 8.60. The number of ether oxygens (including phenoxy) is 2. The van der Waals surface area contributed by atoms with Crippen molar-refractivity contribution in [2.75, 3.05) is 16.9 Å². The molecule has 0 aromatic heterocycles. The number of nitrogens with one attached hydrogen (secondary N) is 1. The molecule has 0 atom stereocenters. The highest BCUT2D eigenvalue weighted by Gasteiger charge is 2.36. The molecule has 4 rings (SSSR count). The Bertz CT molecular complexity index is 1090. The van der Waals surface area contributed by atoms with Gasteiger partial charge in [0.1, 0.15) is 0 Å². The summed E-state index contributed by atoms with van der Waals surface area (Å²) in [6.45, 7) is 0.412. The van der Waals surface area contributed by atoms with E-state index in [1.165, 1.54) is 18.2 Å². The molecule has 0 unspecified atom stereocenters. The number of hydrogen-bond donors (Lipinski definition) is 1. The Morgan fingerprint density at radius 3 is 2.64 bits per heavy atom. The first kappa shape index (κ1) is 18.6. The van der Waals surface area contributed by atoms with Crippen LogP contribution < -0.4 is 19.1 Å². The molecule has 28 heavy (non-hydrogen) atoms. The molecule has 1 N–H and O–H groups in total. The van der Waals surface area contributed by atoms with Crippen LogP contribution in [0.1, 0.15) is 22.3 Å². The highest BCUT2D eigenvalue weighted by Crippen LogP contribution is 2.33. The number of nitrogens with zero attached hydrogens (tertiary/aromatic N) is 1. The third-order valence-electron chi connectivity index (χ3n) is 4.40. The average Bonchev–Trinajstić information content (AvgIpc) is 3.22. The number of halogens is 1. The first-order valence-electron chi connectivity index (χ1n) is 8.37. The van der Waals surface area contributed by atoms with Crippen LogP contribution in [0.2, 0.25) is 5.02 Å². The summed E-state index contributed by atoms with van der Waals surface area (Å²) >= 11 is 6.17. The molecule has 1 fully saturated rings. The van der Waals surface area contributed by atoms with E-state index >= 15 is 0 Å². The Kier molecular flexibility index (Phi) is 4.64. The Hall–Kier alpha value is -2.78. The second kappa shape index (κ2) is 6.99. The molecule has 2 amide bonds. The van der Waals surface area contributed by atoms with E-state index in [4.69, 9.17) is 21.1 Å². The predicted octanol–water partition coefficient (Wildman–Crippen LogP) is 2.07. The number of anilines is 1. The lowest BCUT2D eigenvalue weighted by atomic mass is 10.1. The van der Waals surface area contributed by atoms with Crippen molar-refractivity contribution in [2.24, 2.45) is 0 Å². The number of sulfonamides is 1. The van der Waals surface area contributed by atoms with Gasteiger partial charge in [-0.2, -0.15) is 0 Å². The van der Waals surface area contributed by atoms with Gasteiger partial charge in [0, 0.05) is 13.0 Å². The van der Waals surface area contributed by atoms with Crippen molar-refractivity contribution < 1.29 is 27.5 Å². The van der Waals surface area contributed by atoms with E-state index < -0.39 is 21.8 Å². The lowest BCUT2D eigenvalue weighted by Gasteiger charge is -2.16. The van der Waals surface area contributed by atoms with Gasteiger partial charge in [0.25, 0.3) is 5.91 Å². The van der Waals surface area contributed by atoms with Crippen LogP contribution in [0.4, 0.5) is 5.69 Å². The zero-order valence-corrected chi connectivity index (χ0v) is 16.0. The van der Waals surface area contributed by atoms with Crippen molar-refractivity contribution in [3.63, 3.8) is 0 Å². The van der Waals surface area contributed by atoms with Crippen LogP contribution in [0.15, 0.2) is 36.4 Å². The molecule has 2 heterocycles. The number of amides is 2. The van der Waals surface area contributed by atoms with Crippen LogP contribution in [-0.2, 0) is 21.4 Å². The van der Waals surface area contributed by atoms with Gasteiger partial charge in [0.2, 0.25) is 22.7 Å². The van der Waals surface area contributed by atoms with Crippen LogP contribution in [0.5, 0.6) is 11.5 Å². The molecular weight excluding hydrogens is 408 g/mol. The van der Waals surface area contributed by atoms with Gasteiger partial charge in [-0.25, -0.2) is 12.7 Å². The van der Waals surface area contributed by atoms with E-state index in [-0.39, 0.29) is 41.8 Å². The fourth-order valence-corrected chi connectivity index (χ4v) is 4.72. The summed E-state index contributed by atoms with van der Waals surface area (Å²) in [7, 11) is -3.69. The number of fused-ring (bicyclic) bond motifs is 1. The van der Waals surface area contributed by atoms with Gasteiger partial charge < -0.3 is 14.8 Å². The summed E-state index contributed by atoms with van der Waals surface area (Å²) < 4.78 is 35.3. The topological polar surface area (TPSA) is 102 Å². The Balaban J connectivity index is 1.48. The second-order valence-electron chi connectivity index (χ2n) is 6.26. The van der Waals surface area contributed by atoms with Crippen molar-refractivity contribution >= 4 is 39.1 Å². The Labute approximate surface area is 166 Å². The van der Waals surface area contributed by atoms with Crippen molar-refractivity contribution in [1.82, 2.24) is 5.32 Å². The van der Waals surface area contributed by atoms with Gasteiger partial charge in [-0.1, -0.05) is 17.7 Å². The summed E-state index contributed by atoms with van der Waals surface area (Å²) in [6, 6.07) is 9.44. The summed E-state index contributed by atoms with van der Waals surface area (Å²) in [6.07, 6.45) is -0.0717. The van der Waals surface area contributed by atoms with Gasteiger partial charge in [-0.3, -0.25) is 9.59 Å². The smallest absolute Gasteiger partial charge is 0.253 e. The highest BCUT2D eigenvalue weighted by atomic mass is 35.5. The number of carbonyl (C=O) groups is 2. The SMILES string of the molecule is O=C(NCc1ccc2c(c1)OCO2)c1ccc(N2C(=O)CCS2(=O)=O)cc1Cl. The van der Waals surface area contributed by atoms with Crippen LogP contribution in [-0.4, -0.2) is 32.8 Å². The molecule has 10 heteroatoms. The molecule has 146 valence electrons. The minimum atomic E-state index is -3.69. The molecule has 2 aliphatic heterocycles. The third kappa shape index (κ3) is 3.38. The van der Waals surface area contributed by atoms with Crippen LogP contribution in [0.25, 0.3) is 0 Å². The molecule has 0 saturated carbocycles. The van der Waals surface area contributed by atoms with E-state index in [0.29, 0.717) is 11.5 Å². The fourth-order valence-electron chi connectivity index (χ4n) is 3.01. The van der Waals surface area contributed by atoms with Crippen molar-refractivity contribution in [2.45, 2.75) is 13.0 Å². The molecule has 8 nitrogen and oxygen atoms in total. The highest BCUT2D eigenvalue weighted by molar-refractivity contribution is 7.94. The van der Waals surface area contributed by atoms with Crippen LogP contribution in [0, 0.1) is 0 Å². The predicted molar refractivity (Wildman–Crippen MR) is 101 cm³/mol. The summed E-state index contributed by atoms with van der Waals surface area (Å²) in [5.41, 5.74) is 1.12. The molecule has 2 aromatic carbocycles. The first-order valence-corrected chi connectivity index (χ1v) is 10.4. The van der Waals surface area contributed by atoms with Crippen LogP contribution >= 0.6 is 11.6 Å². The molecule has 0 spiro atoms. The Morgan fingerprint density at radius 2 is 1.93 bits per heavy atom. The van der Waals surface area contributed by atoms with Crippen molar-refractivity contribution in [3.8, 4) is 11.5 Å². The van der Waals surface area contributed by atoms with Crippen molar-refractivity contribution in [3.05, 3.63) is 52.5 Å². The number of benzene rings is 2. The molecule has 2 aliphatic rings. The van der Waals surface area contributed by atoms with E-state index in [0.717, 1.165) is 9.87 Å². The van der Waals surface area contributed by atoms with Crippen LogP contribution in [0.3, 0.4) is 0 Å². The minimum absolute atomic E-state index is 0.0515. The zero-order chi connectivity index (χ0) is 19.9. The lowest BCUT2D eigenvalue weighted by Crippen LogP contribution is -2.29. The number of rotatable bonds is 4. The van der Waals surface area contributed by atoms with Gasteiger partial charge in [0.05, 0.1) is 22.0 Å². The van der Waals surface area contributed by atoms with E-state index in [1.807, 2.05) is 6.07 Å². The average molecular weight is 423 g/mol. The molecule has 0 radical (unpaired) electrons. The van der Waals surface area contributed by atoms with Gasteiger partial charge in [0.15, 0.2) is 11.5 Å². The normalized spacial score (nSPS) is 17.0. The van der Waals surface area contributed by atoms with E-state index in [2.05, 4.69) is 5.32 Å². The quantitative estimate of drug-likeness (QED) is 0.809. The first-order chi connectivity index (χ1) is 13.3. The fraction of sp³-hybridized carbons (Fsp3) is 0.222. The maximum Gasteiger partial charge on any atom is 0.253 e. The summed E-state index contributed by atoms with van der Waals surface area (Å²) in [4.78, 5) is 24.3. The van der Waals surface area contributed by atoms with E-state index in [9.17, 15) is 18.0 Å².